The Morgan fingerprint density at radius 3 is 2.57 bits per heavy atom. The fourth-order valence-electron chi connectivity index (χ4n) is 3.19. The van der Waals surface area contributed by atoms with E-state index in [0.29, 0.717) is 32.5 Å². The Kier molecular flexibility index (Phi) is 6.16. The monoisotopic (exact) mass is 319 g/mol. The van der Waals surface area contributed by atoms with E-state index in [1.807, 2.05) is 38.1 Å². The number of amides is 1. The highest BCUT2D eigenvalue weighted by molar-refractivity contribution is 5.82. The van der Waals surface area contributed by atoms with E-state index >= 15 is 0 Å². The molecule has 23 heavy (non-hydrogen) atoms. The first-order valence-electron chi connectivity index (χ1n) is 8.13. The lowest BCUT2D eigenvalue weighted by molar-refractivity contribution is -0.147. The molecule has 1 atom stereocenters. The summed E-state index contributed by atoms with van der Waals surface area (Å²) < 4.78 is 5.32. The maximum absolute atomic E-state index is 12.7. The van der Waals surface area contributed by atoms with Crippen molar-refractivity contribution in [2.75, 3.05) is 19.8 Å². The molecule has 1 fully saturated rings. The van der Waals surface area contributed by atoms with Gasteiger partial charge in [0.25, 0.3) is 0 Å². The average molecular weight is 319 g/mol. The average Bonchev–Trinajstić information content (AvgIpc) is 2.53. The smallest absolute Gasteiger partial charge is 0.323 e. The number of carboxylic acids is 1. The van der Waals surface area contributed by atoms with Gasteiger partial charge in [0.15, 0.2) is 0 Å². The summed E-state index contributed by atoms with van der Waals surface area (Å²) in [5.74, 6) is -0.983. The molecular weight excluding hydrogens is 294 g/mol. The second-order valence-electron chi connectivity index (χ2n) is 6.22. The number of rotatable bonds is 6. The van der Waals surface area contributed by atoms with E-state index in [-0.39, 0.29) is 24.4 Å². The number of hydrogen-bond donors (Lipinski definition) is 1. The molecule has 0 saturated carbocycles. The Labute approximate surface area is 137 Å². The van der Waals surface area contributed by atoms with Gasteiger partial charge in [-0.2, -0.15) is 0 Å². The van der Waals surface area contributed by atoms with Crippen molar-refractivity contribution in [1.29, 1.82) is 0 Å². The Balaban J connectivity index is 2.07. The van der Waals surface area contributed by atoms with Gasteiger partial charge in [0.1, 0.15) is 6.54 Å². The van der Waals surface area contributed by atoms with Crippen molar-refractivity contribution in [3.8, 4) is 0 Å². The lowest BCUT2D eigenvalue weighted by Crippen LogP contribution is -2.46. The molecule has 0 radical (unpaired) electrons. The molecule has 1 aliphatic rings. The van der Waals surface area contributed by atoms with Crippen molar-refractivity contribution in [3.05, 3.63) is 35.4 Å². The molecule has 5 heteroatoms. The largest absolute Gasteiger partial charge is 0.480 e. The summed E-state index contributed by atoms with van der Waals surface area (Å²) in [6.45, 7) is 4.99. The van der Waals surface area contributed by atoms with Crippen LogP contribution in [0.2, 0.25) is 0 Å². The Morgan fingerprint density at radius 1 is 1.30 bits per heavy atom. The molecule has 0 spiro atoms. The fourth-order valence-corrected chi connectivity index (χ4v) is 3.19. The molecular formula is C18H25NO4. The van der Waals surface area contributed by atoms with E-state index in [1.54, 1.807) is 0 Å². The van der Waals surface area contributed by atoms with Crippen molar-refractivity contribution in [3.63, 3.8) is 0 Å². The van der Waals surface area contributed by atoms with Crippen molar-refractivity contribution in [2.24, 2.45) is 0 Å². The van der Waals surface area contributed by atoms with E-state index in [0.717, 1.165) is 11.1 Å². The lowest BCUT2D eigenvalue weighted by atomic mass is 9.93. The summed E-state index contributed by atoms with van der Waals surface area (Å²) >= 11 is 0. The number of carboxylic acid groups (broad SMARTS) is 1. The highest BCUT2D eigenvalue weighted by Crippen LogP contribution is 2.25. The van der Waals surface area contributed by atoms with Crippen LogP contribution in [-0.2, 0) is 14.3 Å². The highest BCUT2D eigenvalue weighted by Gasteiger charge is 2.28. The van der Waals surface area contributed by atoms with Crippen LogP contribution >= 0.6 is 0 Å². The number of carbonyl (C=O) groups is 2. The van der Waals surface area contributed by atoms with Gasteiger partial charge < -0.3 is 14.7 Å². The van der Waals surface area contributed by atoms with Gasteiger partial charge >= 0.3 is 5.97 Å². The summed E-state index contributed by atoms with van der Waals surface area (Å²) in [5.41, 5.74) is 2.30. The third kappa shape index (κ3) is 4.79. The van der Waals surface area contributed by atoms with Gasteiger partial charge in [0, 0.05) is 25.7 Å². The third-order valence-electron chi connectivity index (χ3n) is 4.46. The molecule has 1 aliphatic heterocycles. The van der Waals surface area contributed by atoms with Crippen molar-refractivity contribution in [1.82, 2.24) is 4.90 Å². The topological polar surface area (TPSA) is 66.8 Å². The zero-order valence-electron chi connectivity index (χ0n) is 13.8. The predicted octanol–water partition coefficient (Wildman–Crippen LogP) is 2.58. The number of ether oxygens (including phenoxy) is 1. The van der Waals surface area contributed by atoms with Crippen LogP contribution in [0.5, 0.6) is 0 Å². The molecule has 1 aromatic rings. The SMILES string of the molecule is Cc1ccccc1[C@H](C)CC(=O)N(CC(=O)O)C1CCOCC1. The maximum atomic E-state index is 12.7. The van der Waals surface area contributed by atoms with Gasteiger partial charge in [-0.1, -0.05) is 31.2 Å². The molecule has 1 aromatic carbocycles. The summed E-state index contributed by atoms with van der Waals surface area (Å²) in [6, 6.07) is 7.98. The number of benzene rings is 1. The zero-order valence-corrected chi connectivity index (χ0v) is 13.8. The molecule has 1 N–H and O–H groups in total. The zero-order chi connectivity index (χ0) is 16.8. The molecule has 0 bridgehead atoms. The van der Waals surface area contributed by atoms with Crippen LogP contribution < -0.4 is 0 Å². The van der Waals surface area contributed by atoms with Gasteiger partial charge in [0.05, 0.1) is 0 Å². The van der Waals surface area contributed by atoms with Gasteiger partial charge in [-0.3, -0.25) is 9.59 Å². The molecule has 2 rings (SSSR count). The van der Waals surface area contributed by atoms with Crippen LogP contribution in [0.15, 0.2) is 24.3 Å². The van der Waals surface area contributed by atoms with Crippen LogP contribution in [0.3, 0.4) is 0 Å². The van der Waals surface area contributed by atoms with E-state index in [2.05, 4.69) is 0 Å². The van der Waals surface area contributed by atoms with Crippen molar-refractivity contribution in [2.45, 2.75) is 45.1 Å². The summed E-state index contributed by atoms with van der Waals surface area (Å²) in [6.07, 6.45) is 1.74. The standard InChI is InChI=1S/C18H25NO4/c1-13-5-3-4-6-16(13)14(2)11-17(20)19(12-18(21)22)15-7-9-23-10-8-15/h3-6,14-15H,7-12H2,1-2H3,(H,21,22)/t14-/m1/s1. The Bertz CT molecular complexity index is 552. The number of hydrogen-bond acceptors (Lipinski definition) is 3. The normalized spacial score (nSPS) is 16.8. The maximum Gasteiger partial charge on any atom is 0.323 e. The predicted molar refractivity (Wildman–Crippen MR) is 87.4 cm³/mol. The van der Waals surface area contributed by atoms with Crippen LogP contribution in [-0.4, -0.2) is 47.7 Å². The van der Waals surface area contributed by atoms with Gasteiger partial charge in [-0.25, -0.2) is 0 Å². The van der Waals surface area contributed by atoms with Crippen LogP contribution in [0.4, 0.5) is 0 Å². The first-order chi connectivity index (χ1) is 11.0. The molecule has 0 unspecified atom stereocenters. The quantitative estimate of drug-likeness (QED) is 0.875. The van der Waals surface area contributed by atoms with E-state index in [4.69, 9.17) is 9.84 Å². The number of aryl methyl sites for hydroxylation is 1. The van der Waals surface area contributed by atoms with Gasteiger partial charge in [-0.15, -0.1) is 0 Å². The first-order valence-corrected chi connectivity index (χ1v) is 8.13. The Morgan fingerprint density at radius 2 is 1.96 bits per heavy atom. The second-order valence-corrected chi connectivity index (χ2v) is 6.22. The molecule has 1 amide bonds. The third-order valence-corrected chi connectivity index (χ3v) is 4.46. The summed E-state index contributed by atoms with van der Waals surface area (Å²) in [7, 11) is 0. The van der Waals surface area contributed by atoms with E-state index < -0.39 is 5.97 Å². The molecule has 0 aromatic heterocycles. The van der Waals surface area contributed by atoms with E-state index in [1.165, 1.54) is 4.90 Å². The number of carbonyl (C=O) groups excluding carboxylic acids is 1. The minimum Gasteiger partial charge on any atom is -0.480 e. The van der Waals surface area contributed by atoms with Crippen molar-refractivity contribution < 1.29 is 19.4 Å². The molecule has 1 saturated heterocycles. The lowest BCUT2D eigenvalue weighted by Gasteiger charge is -2.34. The van der Waals surface area contributed by atoms with Gasteiger partial charge in [0.2, 0.25) is 5.91 Å². The second kappa shape index (κ2) is 8.11. The first kappa shape index (κ1) is 17.5. The molecule has 126 valence electrons. The van der Waals surface area contributed by atoms with Crippen molar-refractivity contribution >= 4 is 11.9 Å². The molecule has 5 nitrogen and oxygen atoms in total. The number of nitrogens with zero attached hydrogens (tertiary/aromatic N) is 1. The van der Waals surface area contributed by atoms with E-state index in [9.17, 15) is 9.59 Å². The van der Waals surface area contributed by atoms with Crippen LogP contribution in [0.25, 0.3) is 0 Å². The fraction of sp³-hybridized carbons (Fsp3) is 0.556. The molecule has 1 heterocycles. The van der Waals surface area contributed by atoms with Crippen LogP contribution in [0.1, 0.15) is 43.2 Å². The minimum absolute atomic E-state index is 0.0311. The minimum atomic E-state index is -0.964. The summed E-state index contributed by atoms with van der Waals surface area (Å²) in [5, 5.41) is 9.13. The van der Waals surface area contributed by atoms with Crippen LogP contribution in [0, 0.1) is 6.92 Å². The highest BCUT2D eigenvalue weighted by atomic mass is 16.5. The van der Waals surface area contributed by atoms with Gasteiger partial charge in [-0.05, 0) is 36.8 Å². The Hall–Kier alpha value is -1.88. The summed E-state index contributed by atoms with van der Waals surface area (Å²) in [4.78, 5) is 25.4. The molecule has 0 aliphatic carbocycles. The number of aliphatic carboxylic acids is 1.